The van der Waals surface area contributed by atoms with Crippen LogP contribution in [-0.2, 0) is 16.5 Å². The molecule has 0 aliphatic carbocycles. The number of thioether (sulfide) groups is 1. The van der Waals surface area contributed by atoms with Crippen molar-refractivity contribution in [2.75, 3.05) is 5.75 Å². The molecule has 0 radical (unpaired) electrons. The van der Waals surface area contributed by atoms with Gasteiger partial charge >= 0.3 is 12.1 Å². The smallest absolute Gasteiger partial charge is 0.435 e. The van der Waals surface area contributed by atoms with Crippen molar-refractivity contribution in [3.05, 3.63) is 11.8 Å². The molecule has 1 rings (SSSR count). The monoisotopic (exact) mass is 282 g/mol. The minimum absolute atomic E-state index is 0.192. The molecule has 0 saturated carbocycles. The van der Waals surface area contributed by atoms with Gasteiger partial charge in [0.15, 0.2) is 5.69 Å². The minimum Gasteiger partial charge on any atom is -0.481 e. The highest BCUT2D eigenvalue weighted by Crippen LogP contribution is 2.33. The molecule has 1 aromatic heterocycles. The normalized spacial score (nSPS) is 12.8. The summed E-state index contributed by atoms with van der Waals surface area (Å²) in [6, 6.07) is 0.874. The van der Waals surface area contributed by atoms with Crippen molar-refractivity contribution < 1.29 is 23.1 Å². The van der Waals surface area contributed by atoms with Gasteiger partial charge < -0.3 is 5.11 Å². The third-order valence-electron chi connectivity index (χ3n) is 1.95. The number of hydrogen-bond acceptors (Lipinski definition) is 3. The van der Waals surface area contributed by atoms with E-state index in [-0.39, 0.29) is 10.8 Å². The van der Waals surface area contributed by atoms with E-state index in [0.717, 1.165) is 17.8 Å². The fraction of sp³-hybridized carbons (Fsp3) is 0.600. The molecule has 0 aromatic carbocycles. The molecule has 0 saturated heterocycles. The lowest BCUT2D eigenvalue weighted by molar-refractivity contribution is -0.141. The standard InChI is InChI=1S/C10H13F3N2O2S/c1-9(2,3)15-7(18-5-8(16)17)4-6(14-15)10(11,12)13/h4H,5H2,1-3H3,(H,16,17). The zero-order valence-corrected chi connectivity index (χ0v) is 10.9. The number of carboxylic acid groups (broad SMARTS) is 1. The molecule has 0 fully saturated rings. The van der Waals surface area contributed by atoms with E-state index in [0.29, 0.717) is 0 Å². The summed E-state index contributed by atoms with van der Waals surface area (Å²) in [5.41, 5.74) is -1.66. The van der Waals surface area contributed by atoms with Crippen molar-refractivity contribution in [1.29, 1.82) is 0 Å². The highest BCUT2D eigenvalue weighted by atomic mass is 32.2. The Morgan fingerprint density at radius 3 is 2.39 bits per heavy atom. The Hall–Kier alpha value is -1.18. The van der Waals surface area contributed by atoms with E-state index in [4.69, 9.17) is 5.11 Å². The number of aromatic nitrogens is 2. The Bertz CT molecular complexity index is 449. The van der Waals surface area contributed by atoms with Gasteiger partial charge in [-0.1, -0.05) is 11.8 Å². The lowest BCUT2D eigenvalue weighted by Gasteiger charge is -2.21. The maximum absolute atomic E-state index is 12.6. The van der Waals surface area contributed by atoms with E-state index in [1.54, 1.807) is 20.8 Å². The van der Waals surface area contributed by atoms with Gasteiger partial charge in [-0.15, -0.1) is 0 Å². The molecule has 4 nitrogen and oxygen atoms in total. The van der Waals surface area contributed by atoms with E-state index in [2.05, 4.69) is 5.10 Å². The maximum atomic E-state index is 12.6. The lowest BCUT2D eigenvalue weighted by Crippen LogP contribution is -2.25. The van der Waals surface area contributed by atoms with Gasteiger partial charge in [0.2, 0.25) is 0 Å². The maximum Gasteiger partial charge on any atom is 0.435 e. The van der Waals surface area contributed by atoms with E-state index in [1.165, 1.54) is 4.68 Å². The number of carboxylic acids is 1. The zero-order valence-electron chi connectivity index (χ0n) is 10.1. The van der Waals surface area contributed by atoms with Gasteiger partial charge in [-0.3, -0.25) is 9.48 Å². The van der Waals surface area contributed by atoms with Crippen LogP contribution in [0.25, 0.3) is 0 Å². The molecule has 1 heterocycles. The van der Waals surface area contributed by atoms with E-state index >= 15 is 0 Å². The number of alkyl halides is 3. The summed E-state index contributed by atoms with van der Waals surface area (Å²) in [5, 5.41) is 12.3. The molecule has 0 aliphatic rings. The molecule has 1 aromatic rings. The van der Waals surface area contributed by atoms with Crippen LogP contribution in [0.5, 0.6) is 0 Å². The predicted octanol–water partition coefficient (Wildman–Crippen LogP) is 2.83. The Balaban J connectivity index is 3.14. The molecule has 8 heteroatoms. The summed E-state index contributed by atoms with van der Waals surface area (Å²) in [7, 11) is 0. The third kappa shape index (κ3) is 3.66. The molecule has 1 N–H and O–H groups in total. The molecule has 0 bridgehead atoms. The highest BCUT2D eigenvalue weighted by Gasteiger charge is 2.36. The molecule has 0 unspecified atom stereocenters. The largest absolute Gasteiger partial charge is 0.481 e. The van der Waals surface area contributed by atoms with Crippen LogP contribution >= 0.6 is 11.8 Å². The fourth-order valence-electron chi connectivity index (χ4n) is 1.22. The van der Waals surface area contributed by atoms with Gasteiger partial charge in [0, 0.05) is 6.07 Å². The van der Waals surface area contributed by atoms with Crippen LogP contribution < -0.4 is 0 Å². The average Bonchev–Trinajstić information content (AvgIpc) is 2.56. The highest BCUT2D eigenvalue weighted by molar-refractivity contribution is 7.99. The molecule has 0 amide bonds. The summed E-state index contributed by atoms with van der Waals surface area (Å²) in [6.45, 7) is 5.10. The fourth-order valence-corrected chi connectivity index (χ4v) is 2.12. The third-order valence-corrected chi connectivity index (χ3v) is 2.92. The van der Waals surface area contributed by atoms with E-state index < -0.39 is 23.4 Å². The van der Waals surface area contributed by atoms with Crippen LogP contribution in [0.1, 0.15) is 26.5 Å². The first kappa shape index (κ1) is 14.9. The van der Waals surface area contributed by atoms with Gasteiger partial charge in [0.1, 0.15) is 0 Å². The van der Waals surface area contributed by atoms with Crippen molar-refractivity contribution in [3.8, 4) is 0 Å². The quantitative estimate of drug-likeness (QED) is 0.866. The van der Waals surface area contributed by atoms with Crippen LogP contribution in [0.4, 0.5) is 13.2 Å². The van der Waals surface area contributed by atoms with Crippen LogP contribution in [0.2, 0.25) is 0 Å². The SMILES string of the molecule is CC(C)(C)n1nc(C(F)(F)F)cc1SCC(=O)O. The zero-order chi connectivity index (χ0) is 14.1. The van der Waals surface area contributed by atoms with E-state index in [1.807, 2.05) is 0 Å². The molecular weight excluding hydrogens is 269 g/mol. The predicted molar refractivity (Wildman–Crippen MR) is 60.6 cm³/mol. The Labute approximate surface area is 106 Å². The summed E-state index contributed by atoms with van der Waals surface area (Å²) in [5.74, 6) is -1.39. The minimum atomic E-state index is -4.53. The van der Waals surface area contributed by atoms with Crippen molar-refractivity contribution in [2.45, 2.75) is 37.5 Å². The molecule has 0 atom stereocenters. The van der Waals surface area contributed by atoms with Crippen LogP contribution in [-0.4, -0.2) is 26.6 Å². The second-order valence-electron chi connectivity index (χ2n) is 4.63. The Morgan fingerprint density at radius 1 is 1.44 bits per heavy atom. The van der Waals surface area contributed by atoms with Crippen molar-refractivity contribution in [2.24, 2.45) is 0 Å². The number of rotatable bonds is 3. The van der Waals surface area contributed by atoms with E-state index in [9.17, 15) is 18.0 Å². The Morgan fingerprint density at radius 2 is 2.00 bits per heavy atom. The number of aliphatic carboxylic acids is 1. The molecule has 0 aliphatic heterocycles. The first-order valence-electron chi connectivity index (χ1n) is 5.04. The summed E-state index contributed by atoms with van der Waals surface area (Å²) in [6.07, 6.45) is -4.53. The summed E-state index contributed by atoms with van der Waals surface area (Å²) >= 11 is 0.820. The molecule has 0 spiro atoms. The van der Waals surface area contributed by atoms with Gasteiger partial charge in [-0.25, -0.2) is 0 Å². The first-order valence-corrected chi connectivity index (χ1v) is 6.02. The number of hydrogen-bond donors (Lipinski definition) is 1. The average molecular weight is 282 g/mol. The number of nitrogens with zero attached hydrogens (tertiary/aromatic N) is 2. The number of carbonyl (C=O) groups is 1. The lowest BCUT2D eigenvalue weighted by atomic mass is 10.1. The summed E-state index contributed by atoms with van der Waals surface area (Å²) in [4.78, 5) is 10.5. The topological polar surface area (TPSA) is 55.1 Å². The Kier molecular flexibility index (Phi) is 3.99. The van der Waals surface area contributed by atoms with Crippen molar-refractivity contribution in [1.82, 2.24) is 9.78 Å². The second-order valence-corrected chi connectivity index (χ2v) is 5.63. The van der Waals surface area contributed by atoms with Crippen molar-refractivity contribution >= 4 is 17.7 Å². The summed E-state index contributed by atoms with van der Waals surface area (Å²) < 4.78 is 38.9. The first-order chi connectivity index (χ1) is 8.01. The molecular formula is C10H13F3N2O2S. The van der Waals surface area contributed by atoms with Gasteiger partial charge in [0.25, 0.3) is 0 Å². The van der Waals surface area contributed by atoms with Crippen LogP contribution in [0.15, 0.2) is 11.1 Å². The van der Waals surface area contributed by atoms with Gasteiger partial charge in [-0.2, -0.15) is 18.3 Å². The van der Waals surface area contributed by atoms with Gasteiger partial charge in [0.05, 0.1) is 16.3 Å². The van der Waals surface area contributed by atoms with Crippen molar-refractivity contribution in [3.63, 3.8) is 0 Å². The van der Waals surface area contributed by atoms with Crippen LogP contribution in [0, 0.1) is 0 Å². The number of halogens is 3. The second kappa shape index (κ2) is 4.83. The molecule has 102 valence electrons. The molecule has 18 heavy (non-hydrogen) atoms. The van der Waals surface area contributed by atoms with Gasteiger partial charge in [-0.05, 0) is 20.8 Å². The van der Waals surface area contributed by atoms with Crippen LogP contribution in [0.3, 0.4) is 0 Å².